The van der Waals surface area contributed by atoms with Gasteiger partial charge in [-0.05, 0) is 43.4 Å². The number of hydrogen-bond acceptors (Lipinski definition) is 6. The molecular formula is C17H16ClN3O4S. The molecule has 3 N–H and O–H groups in total. The van der Waals surface area contributed by atoms with Gasteiger partial charge in [-0.25, -0.2) is 9.78 Å². The van der Waals surface area contributed by atoms with E-state index in [4.69, 9.17) is 22.1 Å². The summed E-state index contributed by atoms with van der Waals surface area (Å²) in [5, 5.41) is 3.20. The van der Waals surface area contributed by atoms with Crippen LogP contribution < -0.4 is 11.1 Å². The minimum atomic E-state index is -0.690. The number of thiophene rings is 1. The number of hydrogen-bond donors (Lipinski definition) is 2. The molecule has 1 aliphatic carbocycles. The summed E-state index contributed by atoms with van der Waals surface area (Å²) in [5.41, 5.74) is 6.97. The third kappa shape index (κ3) is 4.03. The molecule has 136 valence electrons. The first-order valence-corrected chi connectivity index (χ1v) is 9.18. The number of nitrogens with zero attached hydrogens (tertiary/aromatic N) is 1. The van der Waals surface area contributed by atoms with Crippen molar-refractivity contribution in [1.82, 2.24) is 4.98 Å². The molecule has 0 aliphatic heterocycles. The summed E-state index contributed by atoms with van der Waals surface area (Å²) in [5.74, 6) is -1.80. The number of primary amides is 1. The molecular weight excluding hydrogens is 378 g/mol. The highest BCUT2D eigenvalue weighted by molar-refractivity contribution is 7.17. The zero-order chi connectivity index (χ0) is 18.7. The molecule has 9 heteroatoms. The summed E-state index contributed by atoms with van der Waals surface area (Å²) in [7, 11) is 0. The average Bonchev–Trinajstić information content (AvgIpc) is 2.97. The first-order valence-electron chi connectivity index (χ1n) is 7.98. The summed E-state index contributed by atoms with van der Waals surface area (Å²) in [4.78, 5) is 40.7. The van der Waals surface area contributed by atoms with Crippen molar-refractivity contribution >= 4 is 45.7 Å². The molecule has 0 saturated heterocycles. The van der Waals surface area contributed by atoms with Crippen LogP contribution in [0.5, 0.6) is 0 Å². The first-order chi connectivity index (χ1) is 12.5. The zero-order valence-electron chi connectivity index (χ0n) is 13.7. The fraction of sp³-hybridized carbons (Fsp3) is 0.294. The fourth-order valence-electron chi connectivity index (χ4n) is 2.82. The molecule has 7 nitrogen and oxygen atoms in total. The topological polar surface area (TPSA) is 111 Å². The number of amides is 2. The number of anilines is 1. The van der Waals surface area contributed by atoms with Gasteiger partial charge in [-0.15, -0.1) is 11.3 Å². The predicted molar refractivity (Wildman–Crippen MR) is 97.6 cm³/mol. The Hall–Kier alpha value is -2.45. The third-order valence-corrected chi connectivity index (χ3v) is 5.38. The maximum absolute atomic E-state index is 12.1. The summed E-state index contributed by atoms with van der Waals surface area (Å²) >= 11 is 7.07. The number of carbonyl (C=O) groups excluding carboxylic acids is 3. The van der Waals surface area contributed by atoms with E-state index in [1.54, 1.807) is 0 Å². The summed E-state index contributed by atoms with van der Waals surface area (Å²) in [6.45, 7) is -0.487. The number of halogens is 1. The molecule has 2 aromatic heterocycles. The van der Waals surface area contributed by atoms with Gasteiger partial charge in [0.1, 0.15) is 10.2 Å². The lowest BCUT2D eigenvalue weighted by Crippen LogP contribution is -2.23. The Morgan fingerprint density at radius 3 is 2.81 bits per heavy atom. The summed E-state index contributed by atoms with van der Waals surface area (Å²) in [6.07, 6.45) is 5.05. The average molecular weight is 394 g/mol. The Balaban J connectivity index is 1.66. The van der Waals surface area contributed by atoms with Gasteiger partial charge in [-0.1, -0.05) is 11.6 Å². The molecule has 3 rings (SSSR count). The number of pyridine rings is 1. The molecule has 26 heavy (non-hydrogen) atoms. The van der Waals surface area contributed by atoms with Gasteiger partial charge >= 0.3 is 5.97 Å². The zero-order valence-corrected chi connectivity index (χ0v) is 15.3. The van der Waals surface area contributed by atoms with Crippen LogP contribution >= 0.6 is 22.9 Å². The van der Waals surface area contributed by atoms with Crippen molar-refractivity contribution < 1.29 is 19.1 Å². The number of rotatable bonds is 5. The Kier molecular flexibility index (Phi) is 5.53. The number of ether oxygens (including phenoxy) is 1. The standard InChI is InChI=1S/C17H16ClN3O4S/c18-12-7-9(5-6-20-12)17(24)25-8-13(22)21-16-14(15(19)23)10-3-1-2-4-11(10)26-16/h5-7H,1-4,8H2,(H2,19,23)(H,21,22). The normalized spacial score (nSPS) is 13.0. The second-order valence-corrected chi connectivity index (χ2v) is 7.26. The van der Waals surface area contributed by atoms with Crippen molar-refractivity contribution in [3.8, 4) is 0 Å². The highest BCUT2D eigenvalue weighted by Gasteiger charge is 2.25. The van der Waals surface area contributed by atoms with Crippen molar-refractivity contribution in [2.75, 3.05) is 11.9 Å². The van der Waals surface area contributed by atoms with E-state index < -0.39 is 24.4 Å². The molecule has 0 fully saturated rings. The number of nitrogens with two attached hydrogens (primary N) is 1. The summed E-state index contributed by atoms with van der Waals surface area (Å²) < 4.78 is 4.97. The van der Waals surface area contributed by atoms with E-state index in [2.05, 4.69) is 10.3 Å². The molecule has 0 radical (unpaired) electrons. The Bertz CT molecular complexity index is 881. The van der Waals surface area contributed by atoms with Gasteiger partial charge in [-0.2, -0.15) is 0 Å². The minimum Gasteiger partial charge on any atom is -0.452 e. The van der Waals surface area contributed by atoms with Crippen molar-refractivity contribution in [3.63, 3.8) is 0 Å². The molecule has 0 atom stereocenters. The van der Waals surface area contributed by atoms with E-state index in [0.717, 1.165) is 36.1 Å². The molecule has 0 saturated carbocycles. The molecule has 2 amide bonds. The predicted octanol–water partition coefficient (Wildman–Crippen LogP) is 2.57. The third-order valence-electron chi connectivity index (χ3n) is 3.97. The number of carbonyl (C=O) groups is 3. The smallest absolute Gasteiger partial charge is 0.338 e. The first kappa shape index (κ1) is 18.3. The van der Waals surface area contributed by atoms with Crippen molar-refractivity contribution in [2.24, 2.45) is 5.73 Å². The van der Waals surface area contributed by atoms with Crippen LogP contribution in [0.15, 0.2) is 18.3 Å². The Labute approximate surface area is 158 Å². The van der Waals surface area contributed by atoms with Crippen LogP contribution in [-0.2, 0) is 22.4 Å². The van der Waals surface area contributed by atoms with E-state index in [-0.39, 0.29) is 10.7 Å². The number of esters is 1. The van der Waals surface area contributed by atoms with Crippen LogP contribution in [0, 0.1) is 0 Å². The van der Waals surface area contributed by atoms with Gasteiger partial charge in [0.25, 0.3) is 11.8 Å². The summed E-state index contributed by atoms with van der Waals surface area (Å²) in [6, 6.07) is 2.78. The lowest BCUT2D eigenvalue weighted by molar-refractivity contribution is -0.119. The molecule has 2 aromatic rings. The minimum absolute atomic E-state index is 0.152. The van der Waals surface area contributed by atoms with Crippen LogP contribution in [0.4, 0.5) is 5.00 Å². The van der Waals surface area contributed by atoms with Crippen LogP contribution in [0.3, 0.4) is 0 Å². The number of fused-ring (bicyclic) bond motifs is 1. The lowest BCUT2D eigenvalue weighted by Gasteiger charge is -2.11. The number of aromatic nitrogens is 1. The lowest BCUT2D eigenvalue weighted by atomic mass is 9.95. The molecule has 0 aromatic carbocycles. The largest absolute Gasteiger partial charge is 0.452 e. The highest BCUT2D eigenvalue weighted by atomic mass is 35.5. The second kappa shape index (κ2) is 7.84. The van der Waals surface area contributed by atoms with Crippen LogP contribution in [0.1, 0.15) is 44.0 Å². The van der Waals surface area contributed by atoms with Crippen LogP contribution in [0.2, 0.25) is 5.15 Å². The maximum atomic E-state index is 12.1. The Morgan fingerprint density at radius 2 is 2.08 bits per heavy atom. The molecule has 0 bridgehead atoms. The molecule has 0 unspecified atom stereocenters. The van der Waals surface area contributed by atoms with Crippen LogP contribution in [-0.4, -0.2) is 29.4 Å². The SMILES string of the molecule is NC(=O)c1c(NC(=O)COC(=O)c2ccnc(Cl)c2)sc2c1CCCC2. The quantitative estimate of drug-likeness (QED) is 0.599. The van der Waals surface area contributed by atoms with E-state index in [1.165, 1.54) is 29.7 Å². The molecule has 2 heterocycles. The van der Waals surface area contributed by atoms with Gasteiger partial charge < -0.3 is 15.8 Å². The van der Waals surface area contributed by atoms with Crippen molar-refractivity contribution in [3.05, 3.63) is 45.1 Å². The fourth-order valence-corrected chi connectivity index (χ4v) is 4.31. The van der Waals surface area contributed by atoms with Gasteiger partial charge in [0.05, 0.1) is 11.1 Å². The molecule has 1 aliphatic rings. The van der Waals surface area contributed by atoms with Gasteiger partial charge in [-0.3, -0.25) is 9.59 Å². The van der Waals surface area contributed by atoms with Gasteiger partial charge in [0, 0.05) is 11.1 Å². The Morgan fingerprint density at radius 1 is 1.31 bits per heavy atom. The molecule has 0 spiro atoms. The monoisotopic (exact) mass is 393 g/mol. The number of nitrogens with one attached hydrogen (secondary N) is 1. The highest BCUT2D eigenvalue weighted by Crippen LogP contribution is 2.37. The van der Waals surface area contributed by atoms with Crippen LogP contribution in [0.25, 0.3) is 0 Å². The van der Waals surface area contributed by atoms with Gasteiger partial charge in [0.2, 0.25) is 0 Å². The van der Waals surface area contributed by atoms with Crippen molar-refractivity contribution in [1.29, 1.82) is 0 Å². The van der Waals surface area contributed by atoms with Gasteiger partial charge in [0.15, 0.2) is 6.61 Å². The van der Waals surface area contributed by atoms with E-state index >= 15 is 0 Å². The van der Waals surface area contributed by atoms with E-state index in [0.29, 0.717) is 10.6 Å². The van der Waals surface area contributed by atoms with Crippen molar-refractivity contribution in [2.45, 2.75) is 25.7 Å². The number of aryl methyl sites for hydroxylation is 1. The second-order valence-electron chi connectivity index (χ2n) is 5.77. The van der Waals surface area contributed by atoms with E-state index in [1.807, 2.05) is 0 Å². The van der Waals surface area contributed by atoms with E-state index in [9.17, 15) is 14.4 Å². The maximum Gasteiger partial charge on any atom is 0.338 e.